The Balaban J connectivity index is 0.000000189. The third kappa shape index (κ3) is 9.07. The minimum absolute atomic E-state index is 0.196. The zero-order chi connectivity index (χ0) is 43.6. The minimum atomic E-state index is -0.688. The highest BCUT2D eigenvalue weighted by Crippen LogP contribution is 2.34. The predicted octanol–water partition coefficient (Wildman–Crippen LogP) is 5.40. The standard InChI is InChI=1S/C23H28N6O5.C18H20N6O3/c1-13-12-33-14-7-8-17(32-6)16(9-14)26-18-10-19(28(5)22(31)34-23(2,3)4)29-20(27-18)15(11-24-29)21(30)25-13;1-10-9-27-11-4-5-14(26-3)13(6-11)22-15-7-16(19-2)24-17(23-15)12(8-20-24)18(25)21-10/h7-11,13H,12H2,1-6H3,(H,25,30)(H,26,27);4-8,10,19H,9H2,1-3H3,(H,21,25)(H,22,23)/t13-;10-/m11/s1. The number of hydrogen-bond donors (Lipinski definition) is 5. The molecule has 61 heavy (non-hydrogen) atoms. The van der Waals surface area contributed by atoms with Crippen molar-refractivity contribution in [3.8, 4) is 23.0 Å². The van der Waals surface area contributed by atoms with E-state index in [1.54, 1.807) is 83.9 Å². The van der Waals surface area contributed by atoms with Crippen molar-refractivity contribution in [3.05, 3.63) is 72.1 Å². The van der Waals surface area contributed by atoms with E-state index in [0.29, 0.717) is 75.5 Å². The fourth-order valence-electron chi connectivity index (χ4n) is 6.35. The van der Waals surface area contributed by atoms with Gasteiger partial charge in [0.1, 0.15) is 76.2 Å². The molecule has 8 rings (SSSR count). The second-order valence-corrected chi connectivity index (χ2v) is 15.2. The number of benzene rings is 2. The molecule has 6 heterocycles. The van der Waals surface area contributed by atoms with E-state index in [-0.39, 0.29) is 41.7 Å². The second-order valence-electron chi connectivity index (χ2n) is 15.2. The lowest BCUT2D eigenvalue weighted by atomic mass is 10.2. The molecule has 2 aliphatic heterocycles. The van der Waals surface area contributed by atoms with E-state index >= 15 is 0 Å². The van der Waals surface area contributed by atoms with E-state index in [1.807, 2.05) is 32.0 Å². The Bertz CT molecular complexity index is 2620. The van der Waals surface area contributed by atoms with Crippen LogP contribution in [0.25, 0.3) is 11.3 Å². The van der Waals surface area contributed by atoms with Crippen molar-refractivity contribution >= 4 is 63.8 Å². The van der Waals surface area contributed by atoms with Crippen molar-refractivity contribution in [2.75, 3.05) is 62.4 Å². The Labute approximate surface area is 350 Å². The summed E-state index contributed by atoms with van der Waals surface area (Å²) in [6, 6.07) is 13.8. The lowest BCUT2D eigenvalue weighted by molar-refractivity contribution is 0.0587. The summed E-state index contributed by atoms with van der Waals surface area (Å²) in [6.07, 6.45) is 2.35. The third-order valence-electron chi connectivity index (χ3n) is 9.30. The van der Waals surface area contributed by atoms with Crippen molar-refractivity contribution < 1.29 is 38.1 Å². The van der Waals surface area contributed by atoms with E-state index in [1.165, 1.54) is 21.8 Å². The molecule has 20 heteroatoms. The summed E-state index contributed by atoms with van der Waals surface area (Å²) in [6.45, 7) is 9.67. The molecule has 3 amide bonds. The summed E-state index contributed by atoms with van der Waals surface area (Å²) >= 11 is 0. The molecule has 2 aliphatic rings. The zero-order valence-corrected chi connectivity index (χ0v) is 35.2. The van der Waals surface area contributed by atoms with Crippen LogP contribution in [0.5, 0.6) is 23.0 Å². The van der Waals surface area contributed by atoms with Crippen LogP contribution in [0.15, 0.2) is 60.9 Å². The molecule has 8 bridgehead atoms. The topological polar surface area (TPSA) is 221 Å². The van der Waals surface area contributed by atoms with Crippen molar-refractivity contribution in [2.45, 2.75) is 52.3 Å². The van der Waals surface area contributed by atoms with Crippen LogP contribution in [0.4, 0.5) is 39.4 Å². The second kappa shape index (κ2) is 17.0. The van der Waals surface area contributed by atoms with Gasteiger partial charge in [0.25, 0.3) is 11.8 Å². The minimum Gasteiger partial charge on any atom is -0.495 e. The number of methoxy groups -OCH3 is 2. The number of amides is 3. The molecule has 5 N–H and O–H groups in total. The Kier molecular flexibility index (Phi) is 11.6. The molecule has 0 aliphatic carbocycles. The van der Waals surface area contributed by atoms with E-state index < -0.39 is 11.7 Å². The first-order valence-electron chi connectivity index (χ1n) is 19.3. The smallest absolute Gasteiger partial charge is 0.415 e. The lowest BCUT2D eigenvalue weighted by Gasteiger charge is -2.25. The molecular formula is C41H48N12O8. The molecule has 320 valence electrons. The zero-order valence-electron chi connectivity index (χ0n) is 35.2. The molecule has 0 fully saturated rings. The SMILES string of the molecule is CNc1cc2nc3c(cnn13)C(=O)N[C@H](C)COc1ccc(OC)c(c1)N2.COc1ccc2cc1Nc1cc(N(C)C(=O)OC(C)(C)C)n3ncc(c3n1)C(=O)N[C@H](C)CO2. The molecule has 2 atom stereocenters. The quantitative estimate of drug-likeness (QED) is 0.150. The Morgan fingerprint density at radius 3 is 1.77 bits per heavy atom. The number of ether oxygens (including phenoxy) is 5. The van der Waals surface area contributed by atoms with Gasteiger partial charge in [0.2, 0.25) is 0 Å². The number of fused-ring (bicyclic) bond motifs is 6. The summed E-state index contributed by atoms with van der Waals surface area (Å²) in [5, 5.41) is 24.0. The highest BCUT2D eigenvalue weighted by molar-refractivity contribution is 6.01. The van der Waals surface area contributed by atoms with Crippen molar-refractivity contribution in [1.29, 1.82) is 0 Å². The Morgan fingerprint density at radius 2 is 1.28 bits per heavy atom. The predicted molar refractivity (Wildman–Crippen MR) is 228 cm³/mol. The van der Waals surface area contributed by atoms with Gasteiger partial charge in [-0.3, -0.25) is 14.5 Å². The maximum atomic E-state index is 13.0. The number of hydrogen-bond acceptors (Lipinski definition) is 15. The molecule has 20 nitrogen and oxygen atoms in total. The Hall–Kier alpha value is -7.51. The van der Waals surface area contributed by atoms with Gasteiger partial charge in [0.15, 0.2) is 11.3 Å². The van der Waals surface area contributed by atoms with Gasteiger partial charge in [0, 0.05) is 38.4 Å². The first-order chi connectivity index (χ1) is 29.1. The highest BCUT2D eigenvalue weighted by Gasteiger charge is 2.27. The van der Waals surface area contributed by atoms with E-state index in [4.69, 9.17) is 23.7 Å². The molecule has 2 aromatic carbocycles. The number of aromatic nitrogens is 6. The summed E-state index contributed by atoms with van der Waals surface area (Å²) in [4.78, 5) is 49.0. The van der Waals surface area contributed by atoms with Crippen LogP contribution in [0, 0.1) is 0 Å². The molecule has 0 saturated heterocycles. The van der Waals surface area contributed by atoms with E-state index in [9.17, 15) is 14.4 Å². The molecular weight excluding hydrogens is 789 g/mol. The number of carbonyl (C=O) groups excluding carboxylic acids is 3. The van der Waals surface area contributed by atoms with Crippen LogP contribution in [0.2, 0.25) is 0 Å². The van der Waals surface area contributed by atoms with Gasteiger partial charge >= 0.3 is 6.09 Å². The normalized spacial score (nSPS) is 16.1. The van der Waals surface area contributed by atoms with Crippen molar-refractivity contribution in [2.24, 2.45) is 0 Å². The van der Waals surface area contributed by atoms with Gasteiger partial charge in [-0.05, 0) is 58.9 Å². The molecule has 6 aromatic rings. The average Bonchev–Trinajstić information content (AvgIpc) is 3.86. The molecule has 4 aromatic heterocycles. The first kappa shape index (κ1) is 41.6. The van der Waals surface area contributed by atoms with Gasteiger partial charge in [-0.1, -0.05) is 0 Å². The summed E-state index contributed by atoms with van der Waals surface area (Å²) in [5.74, 6) is 3.84. The van der Waals surface area contributed by atoms with Gasteiger partial charge in [-0.15, -0.1) is 0 Å². The summed E-state index contributed by atoms with van der Waals surface area (Å²) < 4.78 is 31.1. The van der Waals surface area contributed by atoms with Crippen molar-refractivity contribution in [3.63, 3.8) is 0 Å². The maximum Gasteiger partial charge on any atom is 0.415 e. The largest absolute Gasteiger partial charge is 0.495 e. The van der Waals surface area contributed by atoms with Crippen LogP contribution in [-0.2, 0) is 4.74 Å². The van der Waals surface area contributed by atoms with Gasteiger partial charge in [-0.25, -0.2) is 14.8 Å². The molecule has 0 spiro atoms. The van der Waals surface area contributed by atoms with Crippen LogP contribution in [0.1, 0.15) is 55.3 Å². The number of nitrogens with one attached hydrogen (secondary N) is 5. The first-order valence-corrected chi connectivity index (χ1v) is 19.3. The van der Waals surface area contributed by atoms with Crippen LogP contribution in [-0.4, -0.2) is 106 Å². The number of nitrogens with zero attached hydrogens (tertiary/aromatic N) is 7. The maximum absolute atomic E-state index is 13.0. The van der Waals surface area contributed by atoms with Gasteiger partial charge in [0.05, 0.1) is 50.1 Å². The monoisotopic (exact) mass is 836 g/mol. The molecule has 0 saturated carbocycles. The van der Waals surface area contributed by atoms with Crippen molar-refractivity contribution in [1.82, 2.24) is 39.8 Å². The molecule has 0 unspecified atom stereocenters. The lowest BCUT2D eigenvalue weighted by Crippen LogP contribution is -2.37. The number of anilines is 6. The fourth-order valence-corrected chi connectivity index (χ4v) is 6.35. The number of carbonyl (C=O) groups is 3. The van der Waals surface area contributed by atoms with Crippen LogP contribution in [0.3, 0.4) is 0 Å². The highest BCUT2D eigenvalue weighted by atomic mass is 16.6. The average molecular weight is 837 g/mol. The van der Waals surface area contributed by atoms with Gasteiger partial charge in [-0.2, -0.15) is 19.2 Å². The number of rotatable bonds is 4. The van der Waals surface area contributed by atoms with E-state index in [2.05, 4.69) is 46.7 Å². The summed E-state index contributed by atoms with van der Waals surface area (Å²) in [5.41, 5.74) is 2.00. The fraction of sp³-hybridized carbons (Fsp3) is 0.341. The van der Waals surface area contributed by atoms with Gasteiger partial charge < -0.3 is 50.3 Å². The molecule has 0 radical (unpaired) electrons. The third-order valence-corrected chi connectivity index (χ3v) is 9.30. The van der Waals surface area contributed by atoms with Crippen LogP contribution < -0.4 is 50.4 Å². The van der Waals surface area contributed by atoms with Crippen LogP contribution >= 0.6 is 0 Å². The van der Waals surface area contributed by atoms with E-state index in [0.717, 1.165) is 0 Å². The Morgan fingerprint density at radius 1 is 0.787 bits per heavy atom. The summed E-state index contributed by atoms with van der Waals surface area (Å²) in [7, 11) is 6.52.